The van der Waals surface area contributed by atoms with Crippen molar-refractivity contribution in [2.45, 2.75) is 38.5 Å². The monoisotopic (exact) mass is 263 g/mol. The van der Waals surface area contributed by atoms with Gasteiger partial charge in [0.05, 0.1) is 13.0 Å². The number of nitrogens with zero attached hydrogens (tertiary/aromatic N) is 1. The number of β-amino-alcohol motifs (C(OH)–C–C–N with tert-alkyl or cyclic N) is 1. The lowest BCUT2D eigenvalue weighted by molar-refractivity contribution is -0.175. The van der Waals surface area contributed by atoms with Gasteiger partial charge in [-0.2, -0.15) is 0 Å². The zero-order valence-corrected chi connectivity index (χ0v) is 11.5. The molecular weight excluding hydrogens is 242 g/mol. The molecule has 2 atom stereocenters. The van der Waals surface area contributed by atoms with E-state index in [0.717, 1.165) is 6.54 Å². The van der Waals surface area contributed by atoms with Crippen LogP contribution >= 0.6 is 0 Å². The van der Waals surface area contributed by atoms with Gasteiger partial charge in [-0.1, -0.05) is 30.3 Å². The Morgan fingerprint density at radius 2 is 2.16 bits per heavy atom. The maximum absolute atomic E-state index is 11.5. The van der Waals surface area contributed by atoms with Gasteiger partial charge in [0.2, 0.25) is 0 Å². The largest absolute Gasteiger partial charge is 0.466 e. The number of aliphatic hydroxyl groups is 1. The normalized spacial score (nSPS) is 26.8. The van der Waals surface area contributed by atoms with Crippen LogP contribution in [0, 0.1) is 0 Å². The molecule has 0 unspecified atom stereocenters. The van der Waals surface area contributed by atoms with Crippen LogP contribution in [0.4, 0.5) is 0 Å². The van der Waals surface area contributed by atoms with Gasteiger partial charge in [0.25, 0.3) is 0 Å². The zero-order chi connectivity index (χ0) is 13.9. The van der Waals surface area contributed by atoms with Crippen molar-refractivity contribution in [2.24, 2.45) is 0 Å². The predicted molar refractivity (Wildman–Crippen MR) is 72.5 cm³/mol. The summed E-state index contributed by atoms with van der Waals surface area (Å²) in [4.78, 5) is 13.6. The van der Waals surface area contributed by atoms with Crippen LogP contribution in [-0.2, 0) is 16.1 Å². The minimum Gasteiger partial charge on any atom is -0.466 e. The number of ether oxygens (including phenoxy) is 1. The highest BCUT2D eigenvalue weighted by atomic mass is 16.5. The number of carbonyl (C=O) groups excluding carboxylic acids is 1. The van der Waals surface area contributed by atoms with E-state index in [4.69, 9.17) is 4.74 Å². The Morgan fingerprint density at radius 1 is 1.47 bits per heavy atom. The second-order valence-corrected chi connectivity index (χ2v) is 5.15. The number of rotatable bonds is 5. The summed E-state index contributed by atoms with van der Waals surface area (Å²) in [7, 11) is 0. The Kier molecular flexibility index (Phi) is 4.22. The SMILES string of the molecule is CCOC(=O)C[C@]1(O)CN(Cc2ccccc2)[C@H]1C. The van der Waals surface area contributed by atoms with E-state index < -0.39 is 5.60 Å². The molecule has 1 aromatic rings. The number of benzene rings is 1. The highest BCUT2D eigenvalue weighted by Gasteiger charge is 2.49. The van der Waals surface area contributed by atoms with Crippen molar-refractivity contribution in [3.05, 3.63) is 35.9 Å². The molecule has 104 valence electrons. The molecule has 1 heterocycles. The first-order chi connectivity index (χ1) is 9.05. The highest BCUT2D eigenvalue weighted by molar-refractivity contribution is 5.71. The second-order valence-electron chi connectivity index (χ2n) is 5.15. The van der Waals surface area contributed by atoms with Crippen molar-refractivity contribution in [1.29, 1.82) is 0 Å². The summed E-state index contributed by atoms with van der Waals surface area (Å²) >= 11 is 0. The summed E-state index contributed by atoms with van der Waals surface area (Å²) in [5.74, 6) is -0.323. The van der Waals surface area contributed by atoms with E-state index in [1.165, 1.54) is 5.56 Å². The van der Waals surface area contributed by atoms with Gasteiger partial charge >= 0.3 is 5.97 Å². The molecule has 0 amide bonds. The molecule has 1 saturated heterocycles. The van der Waals surface area contributed by atoms with Crippen LogP contribution in [0.2, 0.25) is 0 Å². The van der Waals surface area contributed by atoms with Crippen LogP contribution in [0.3, 0.4) is 0 Å². The second kappa shape index (κ2) is 5.72. The Morgan fingerprint density at radius 3 is 2.74 bits per heavy atom. The third kappa shape index (κ3) is 3.14. The van der Waals surface area contributed by atoms with E-state index >= 15 is 0 Å². The minimum absolute atomic E-state index is 0.0305. The van der Waals surface area contributed by atoms with Crippen LogP contribution in [0.15, 0.2) is 30.3 Å². The summed E-state index contributed by atoms with van der Waals surface area (Å²) in [6, 6.07) is 10.1. The van der Waals surface area contributed by atoms with E-state index in [1.807, 2.05) is 25.1 Å². The number of likely N-dealkylation sites (tertiary alicyclic amines) is 1. The van der Waals surface area contributed by atoms with Gasteiger partial charge in [0.15, 0.2) is 0 Å². The Bertz CT molecular complexity index is 434. The molecular formula is C15H21NO3. The summed E-state index contributed by atoms with van der Waals surface area (Å²) < 4.78 is 4.90. The summed E-state index contributed by atoms with van der Waals surface area (Å²) in [5, 5.41) is 10.4. The fourth-order valence-corrected chi connectivity index (χ4v) is 2.52. The fourth-order valence-electron chi connectivity index (χ4n) is 2.52. The lowest BCUT2D eigenvalue weighted by atomic mass is 9.81. The van der Waals surface area contributed by atoms with Crippen LogP contribution < -0.4 is 0 Å². The van der Waals surface area contributed by atoms with Crippen molar-refractivity contribution >= 4 is 5.97 Å². The molecule has 0 saturated carbocycles. The quantitative estimate of drug-likeness (QED) is 0.819. The van der Waals surface area contributed by atoms with E-state index in [2.05, 4.69) is 17.0 Å². The van der Waals surface area contributed by atoms with Gasteiger partial charge in [-0.3, -0.25) is 9.69 Å². The molecule has 1 aliphatic heterocycles. The van der Waals surface area contributed by atoms with Gasteiger partial charge in [-0.25, -0.2) is 0 Å². The van der Waals surface area contributed by atoms with Crippen molar-refractivity contribution in [2.75, 3.05) is 13.2 Å². The topological polar surface area (TPSA) is 49.8 Å². The minimum atomic E-state index is -0.943. The van der Waals surface area contributed by atoms with E-state index in [9.17, 15) is 9.90 Å². The molecule has 2 rings (SSSR count). The first-order valence-electron chi connectivity index (χ1n) is 6.71. The van der Waals surface area contributed by atoms with E-state index in [0.29, 0.717) is 13.2 Å². The maximum atomic E-state index is 11.5. The standard InChI is InChI=1S/C15H21NO3/c1-3-19-14(17)9-15(18)11-16(12(15)2)10-13-7-5-4-6-8-13/h4-8,12,18H,3,9-11H2,1-2H3/t12-,15-/m0/s1. The third-order valence-corrected chi connectivity index (χ3v) is 3.79. The molecule has 0 aliphatic carbocycles. The Balaban J connectivity index is 1.88. The Hall–Kier alpha value is -1.39. The predicted octanol–water partition coefficient (Wildman–Crippen LogP) is 1.57. The Labute approximate surface area is 114 Å². The molecule has 1 aliphatic rings. The van der Waals surface area contributed by atoms with Gasteiger partial charge in [0.1, 0.15) is 5.60 Å². The molecule has 0 bridgehead atoms. The fraction of sp³-hybridized carbons (Fsp3) is 0.533. The molecule has 0 radical (unpaired) electrons. The molecule has 19 heavy (non-hydrogen) atoms. The highest BCUT2D eigenvalue weighted by Crippen LogP contribution is 2.33. The third-order valence-electron chi connectivity index (χ3n) is 3.79. The lowest BCUT2D eigenvalue weighted by Gasteiger charge is -2.52. The molecule has 0 aromatic heterocycles. The van der Waals surface area contributed by atoms with Crippen LogP contribution in [0.5, 0.6) is 0 Å². The van der Waals surface area contributed by atoms with Crippen LogP contribution in [0.25, 0.3) is 0 Å². The van der Waals surface area contributed by atoms with Gasteiger partial charge < -0.3 is 9.84 Å². The maximum Gasteiger partial charge on any atom is 0.308 e. The average Bonchev–Trinajstić information content (AvgIpc) is 2.39. The van der Waals surface area contributed by atoms with Gasteiger partial charge in [-0.05, 0) is 19.4 Å². The number of hydrogen-bond donors (Lipinski definition) is 1. The number of carbonyl (C=O) groups is 1. The summed E-state index contributed by atoms with van der Waals surface area (Å²) in [6.07, 6.45) is 0.0767. The average molecular weight is 263 g/mol. The van der Waals surface area contributed by atoms with Crippen LogP contribution in [-0.4, -0.2) is 40.8 Å². The van der Waals surface area contributed by atoms with E-state index in [-0.39, 0.29) is 18.4 Å². The molecule has 1 fully saturated rings. The summed E-state index contributed by atoms with van der Waals surface area (Å²) in [5.41, 5.74) is 0.272. The first-order valence-corrected chi connectivity index (χ1v) is 6.71. The molecule has 4 nitrogen and oxygen atoms in total. The molecule has 4 heteroatoms. The van der Waals surface area contributed by atoms with E-state index in [1.54, 1.807) is 6.92 Å². The van der Waals surface area contributed by atoms with Gasteiger partial charge in [-0.15, -0.1) is 0 Å². The van der Waals surface area contributed by atoms with Crippen molar-refractivity contribution in [1.82, 2.24) is 4.90 Å². The summed E-state index contributed by atoms with van der Waals surface area (Å²) in [6.45, 7) is 5.39. The first kappa shape index (κ1) is 14.0. The lowest BCUT2D eigenvalue weighted by Crippen LogP contribution is -2.68. The number of esters is 1. The number of hydrogen-bond acceptors (Lipinski definition) is 4. The zero-order valence-electron chi connectivity index (χ0n) is 11.5. The molecule has 0 spiro atoms. The van der Waals surface area contributed by atoms with Crippen molar-refractivity contribution < 1.29 is 14.6 Å². The van der Waals surface area contributed by atoms with Gasteiger partial charge in [0, 0.05) is 19.1 Å². The van der Waals surface area contributed by atoms with Crippen LogP contribution in [0.1, 0.15) is 25.8 Å². The molecule has 1 N–H and O–H groups in total. The molecule has 1 aromatic carbocycles. The van der Waals surface area contributed by atoms with Crippen molar-refractivity contribution in [3.63, 3.8) is 0 Å². The smallest absolute Gasteiger partial charge is 0.308 e. The van der Waals surface area contributed by atoms with Crippen molar-refractivity contribution in [3.8, 4) is 0 Å².